The molecule has 4 nitrogen and oxygen atoms in total. The van der Waals surface area contributed by atoms with Crippen LogP contribution in [0, 0.1) is 0 Å². The molecule has 0 saturated carbocycles. The van der Waals surface area contributed by atoms with Gasteiger partial charge in [-0.1, -0.05) is 0 Å². The van der Waals surface area contributed by atoms with Crippen LogP contribution in [0.4, 0.5) is 0 Å². The summed E-state index contributed by atoms with van der Waals surface area (Å²) < 4.78 is 5.22. The molecule has 16 heavy (non-hydrogen) atoms. The third-order valence-electron chi connectivity index (χ3n) is 3.58. The van der Waals surface area contributed by atoms with Crippen molar-refractivity contribution in [1.29, 1.82) is 0 Å². The van der Waals surface area contributed by atoms with Crippen molar-refractivity contribution in [2.24, 2.45) is 0 Å². The number of Topliss-reactive ketones (excluding diaryl/α,β-unsaturated/α-hetero) is 1. The first-order valence-corrected chi connectivity index (χ1v) is 5.84. The summed E-state index contributed by atoms with van der Waals surface area (Å²) in [5, 5.41) is 0. The Balaban J connectivity index is 1.67. The lowest BCUT2D eigenvalue weighted by Crippen LogP contribution is -2.63. The van der Waals surface area contributed by atoms with Gasteiger partial charge in [-0.05, 0) is 12.1 Å². The molecule has 0 N–H and O–H groups in total. The van der Waals surface area contributed by atoms with Crippen molar-refractivity contribution in [1.82, 2.24) is 9.80 Å². The van der Waals surface area contributed by atoms with Gasteiger partial charge < -0.3 is 4.42 Å². The minimum absolute atomic E-state index is 0.0904. The molecule has 3 fully saturated rings. The number of fused-ring (bicyclic) bond motifs is 3. The van der Waals surface area contributed by atoms with Gasteiger partial charge in [0, 0.05) is 32.7 Å². The van der Waals surface area contributed by atoms with E-state index >= 15 is 0 Å². The minimum Gasteiger partial charge on any atom is -0.469 e. The van der Waals surface area contributed by atoms with Crippen molar-refractivity contribution in [3.05, 3.63) is 24.2 Å². The highest BCUT2D eigenvalue weighted by Crippen LogP contribution is 2.17. The van der Waals surface area contributed by atoms with Gasteiger partial charge in [-0.3, -0.25) is 14.6 Å². The summed E-state index contributed by atoms with van der Waals surface area (Å²) in [6, 6.07) is 3.79. The summed E-state index contributed by atoms with van der Waals surface area (Å²) in [5.41, 5.74) is 0. The molecular formula is C12H16N2O2. The first-order valence-electron chi connectivity index (χ1n) is 5.84. The lowest BCUT2D eigenvalue weighted by atomic mass is 10.0. The first-order chi connectivity index (χ1) is 7.83. The highest BCUT2D eigenvalue weighted by molar-refractivity contribution is 5.86. The average Bonchev–Trinajstić information content (AvgIpc) is 2.83. The second-order valence-electron chi connectivity index (χ2n) is 4.57. The topological polar surface area (TPSA) is 36.7 Å². The summed E-state index contributed by atoms with van der Waals surface area (Å²) in [6.45, 7) is 5.21. The van der Waals surface area contributed by atoms with E-state index in [2.05, 4.69) is 9.80 Å². The number of carbonyl (C=O) groups excluding carboxylic acids is 1. The summed E-state index contributed by atoms with van der Waals surface area (Å²) in [7, 11) is 0. The summed E-state index contributed by atoms with van der Waals surface area (Å²) in [5.74, 6) is 1.07. The van der Waals surface area contributed by atoms with Crippen LogP contribution in [0.15, 0.2) is 22.8 Å². The summed E-state index contributed by atoms with van der Waals surface area (Å²) in [4.78, 5) is 16.8. The van der Waals surface area contributed by atoms with Gasteiger partial charge in [0.2, 0.25) is 0 Å². The first kappa shape index (κ1) is 10.1. The van der Waals surface area contributed by atoms with Gasteiger partial charge in [0.05, 0.1) is 18.7 Å². The molecule has 4 heterocycles. The van der Waals surface area contributed by atoms with E-state index in [1.165, 1.54) is 0 Å². The second kappa shape index (κ2) is 4.03. The zero-order valence-corrected chi connectivity index (χ0v) is 9.26. The van der Waals surface area contributed by atoms with Gasteiger partial charge in [-0.25, -0.2) is 0 Å². The van der Waals surface area contributed by atoms with Crippen LogP contribution in [0.1, 0.15) is 5.76 Å². The van der Waals surface area contributed by atoms with E-state index in [4.69, 9.17) is 4.42 Å². The molecule has 2 bridgehead atoms. The number of furan rings is 1. The molecule has 0 radical (unpaired) electrons. The van der Waals surface area contributed by atoms with Gasteiger partial charge in [-0.2, -0.15) is 0 Å². The lowest BCUT2D eigenvalue weighted by molar-refractivity contribution is -0.129. The van der Waals surface area contributed by atoms with Crippen LogP contribution in [0.3, 0.4) is 0 Å². The maximum atomic E-state index is 12.1. The van der Waals surface area contributed by atoms with E-state index in [1.807, 2.05) is 12.1 Å². The van der Waals surface area contributed by atoms with Crippen LogP contribution in [-0.2, 0) is 11.2 Å². The molecule has 3 aliphatic rings. The van der Waals surface area contributed by atoms with E-state index in [-0.39, 0.29) is 6.04 Å². The maximum absolute atomic E-state index is 12.1. The SMILES string of the molecule is O=C(Cc1ccco1)C1CN2CCN1CC2. The van der Waals surface area contributed by atoms with Gasteiger partial charge in [0.25, 0.3) is 0 Å². The Morgan fingerprint density at radius 3 is 2.75 bits per heavy atom. The molecule has 86 valence electrons. The predicted octanol–water partition coefficient (Wildman–Crippen LogP) is 0.391. The van der Waals surface area contributed by atoms with Crippen molar-refractivity contribution in [2.45, 2.75) is 12.5 Å². The fraction of sp³-hybridized carbons (Fsp3) is 0.583. The molecule has 0 amide bonds. The highest BCUT2D eigenvalue weighted by atomic mass is 16.3. The molecule has 1 atom stereocenters. The van der Waals surface area contributed by atoms with Crippen LogP contribution in [0.25, 0.3) is 0 Å². The number of piperazine rings is 3. The lowest BCUT2D eigenvalue weighted by Gasteiger charge is -2.46. The van der Waals surface area contributed by atoms with Gasteiger partial charge in [-0.15, -0.1) is 0 Å². The van der Waals surface area contributed by atoms with E-state index in [9.17, 15) is 4.79 Å². The maximum Gasteiger partial charge on any atom is 0.158 e. The Morgan fingerprint density at radius 1 is 1.38 bits per heavy atom. The summed E-state index contributed by atoms with van der Waals surface area (Å²) in [6.07, 6.45) is 2.06. The van der Waals surface area contributed by atoms with Crippen LogP contribution in [0.2, 0.25) is 0 Å². The second-order valence-corrected chi connectivity index (χ2v) is 4.57. The van der Waals surface area contributed by atoms with Crippen molar-refractivity contribution >= 4 is 5.78 Å². The normalized spacial score (nSPS) is 32.9. The third kappa shape index (κ3) is 1.79. The molecule has 1 aromatic rings. The predicted molar refractivity (Wildman–Crippen MR) is 59.2 cm³/mol. The molecule has 3 saturated heterocycles. The van der Waals surface area contributed by atoms with Gasteiger partial charge in [0.1, 0.15) is 5.76 Å². The van der Waals surface area contributed by atoms with Crippen LogP contribution in [-0.4, -0.2) is 54.3 Å². The Hall–Kier alpha value is -1.13. The smallest absolute Gasteiger partial charge is 0.158 e. The van der Waals surface area contributed by atoms with E-state index < -0.39 is 0 Å². The Labute approximate surface area is 94.8 Å². The third-order valence-corrected chi connectivity index (χ3v) is 3.58. The number of rotatable bonds is 3. The number of carbonyl (C=O) groups is 1. The Bertz CT molecular complexity index is 366. The number of hydrogen-bond donors (Lipinski definition) is 0. The zero-order valence-electron chi connectivity index (χ0n) is 9.26. The van der Waals surface area contributed by atoms with Crippen molar-refractivity contribution in [3.8, 4) is 0 Å². The summed E-state index contributed by atoms with van der Waals surface area (Å²) >= 11 is 0. The van der Waals surface area contributed by atoms with E-state index in [0.29, 0.717) is 12.2 Å². The zero-order chi connectivity index (χ0) is 11.0. The monoisotopic (exact) mass is 220 g/mol. The fourth-order valence-corrected chi connectivity index (χ4v) is 2.63. The van der Waals surface area contributed by atoms with E-state index in [1.54, 1.807) is 6.26 Å². The molecule has 4 heteroatoms. The van der Waals surface area contributed by atoms with Gasteiger partial charge >= 0.3 is 0 Å². The van der Waals surface area contributed by atoms with Crippen LogP contribution < -0.4 is 0 Å². The van der Waals surface area contributed by atoms with Crippen LogP contribution in [0.5, 0.6) is 0 Å². The molecule has 0 spiro atoms. The Kier molecular flexibility index (Phi) is 2.53. The highest BCUT2D eigenvalue weighted by Gasteiger charge is 2.35. The quantitative estimate of drug-likeness (QED) is 0.738. The molecule has 3 aliphatic heterocycles. The fourth-order valence-electron chi connectivity index (χ4n) is 2.63. The molecule has 1 aromatic heterocycles. The van der Waals surface area contributed by atoms with Crippen molar-refractivity contribution in [2.75, 3.05) is 32.7 Å². The molecular weight excluding hydrogens is 204 g/mol. The standard InChI is InChI=1S/C12H16N2O2/c15-12(8-10-2-1-7-16-10)11-9-13-3-5-14(11)6-4-13/h1-2,7,11H,3-6,8-9H2. The largest absolute Gasteiger partial charge is 0.469 e. The van der Waals surface area contributed by atoms with Gasteiger partial charge in [0.15, 0.2) is 5.78 Å². The average molecular weight is 220 g/mol. The molecule has 0 aromatic carbocycles. The molecule has 1 unspecified atom stereocenters. The van der Waals surface area contributed by atoms with E-state index in [0.717, 1.165) is 38.5 Å². The Morgan fingerprint density at radius 2 is 2.19 bits per heavy atom. The number of hydrogen-bond acceptors (Lipinski definition) is 4. The molecule has 0 aliphatic carbocycles. The molecule has 4 rings (SSSR count). The van der Waals surface area contributed by atoms with Crippen molar-refractivity contribution in [3.63, 3.8) is 0 Å². The van der Waals surface area contributed by atoms with Crippen LogP contribution >= 0.6 is 0 Å². The minimum atomic E-state index is 0.0904. The van der Waals surface area contributed by atoms with Crippen molar-refractivity contribution < 1.29 is 9.21 Å². The number of nitrogens with zero attached hydrogens (tertiary/aromatic N) is 2. The number of ketones is 1.